The summed E-state index contributed by atoms with van der Waals surface area (Å²) >= 11 is 0. The fourth-order valence-electron chi connectivity index (χ4n) is 5.03. The molecule has 0 saturated carbocycles. The number of methoxy groups -OCH3 is 1. The third-order valence-corrected chi connectivity index (χ3v) is 7.07. The average Bonchev–Trinajstić information content (AvgIpc) is 3.51. The van der Waals surface area contributed by atoms with E-state index in [0.717, 1.165) is 22.0 Å². The van der Waals surface area contributed by atoms with E-state index in [2.05, 4.69) is 15.4 Å². The Morgan fingerprint density at radius 3 is 2.56 bits per heavy atom. The van der Waals surface area contributed by atoms with Crippen molar-refractivity contribution in [3.05, 3.63) is 83.1 Å². The Morgan fingerprint density at radius 1 is 1.15 bits per heavy atom. The van der Waals surface area contributed by atoms with Crippen LogP contribution in [0, 0.1) is 6.92 Å². The summed E-state index contributed by atoms with van der Waals surface area (Å²) in [5, 5.41) is 6.34. The Balaban J connectivity index is 1.41. The maximum atomic E-state index is 13.6. The first kappa shape index (κ1) is 26.3. The van der Waals surface area contributed by atoms with Gasteiger partial charge in [-0.15, -0.1) is 0 Å². The van der Waals surface area contributed by atoms with E-state index in [0.29, 0.717) is 36.5 Å². The summed E-state index contributed by atoms with van der Waals surface area (Å²) in [6.45, 7) is 2.53. The predicted octanol–water partition coefficient (Wildman–Crippen LogP) is 3.83. The van der Waals surface area contributed by atoms with Crippen LogP contribution in [0.5, 0.6) is 5.75 Å². The second kappa shape index (κ2) is 10.1. The first-order valence-electron chi connectivity index (χ1n) is 12.3. The predicted molar refractivity (Wildman–Crippen MR) is 136 cm³/mol. The number of carbonyl (C=O) groups excluding carboxylic acids is 2. The average molecular weight is 541 g/mol. The highest BCUT2D eigenvalue weighted by Gasteiger charge is 2.37. The Bertz CT molecular complexity index is 1530. The Hall–Kier alpha value is -4.35. The number of likely N-dealkylation sites (tertiary alicyclic amines) is 1. The lowest BCUT2D eigenvalue weighted by Gasteiger charge is -2.39. The first-order chi connectivity index (χ1) is 18.6. The van der Waals surface area contributed by atoms with Gasteiger partial charge in [0.2, 0.25) is 0 Å². The fourth-order valence-corrected chi connectivity index (χ4v) is 5.03. The SMILES string of the molecule is COc1cc(C(=O)N2CCC(NC(=O)c3cc(C(F)(F)F)nn3C)C(c3ccccc3)C2)cn2c(C)cnc12. The van der Waals surface area contributed by atoms with Gasteiger partial charge in [0.05, 0.1) is 12.7 Å². The zero-order valence-corrected chi connectivity index (χ0v) is 21.6. The van der Waals surface area contributed by atoms with Gasteiger partial charge in [-0.1, -0.05) is 30.3 Å². The van der Waals surface area contributed by atoms with Crippen molar-refractivity contribution in [2.75, 3.05) is 20.2 Å². The summed E-state index contributed by atoms with van der Waals surface area (Å²) in [6.07, 6.45) is -0.819. The molecule has 2 unspecified atom stereocenters. The van der Waals surface area contributed by atoms with Crippen LogP contribution in [0.1, 0.15) is 50.1 Å². The highest BCUT2D eigenvalue weighted by atomic mass is 19.4. The standard InChI is InChI=1S/C27H27F3N6O3/c1-16-13-31-24-22(39-3)11-18(14-36(16)24)26(38)35-10-9-20(19(15-35)17-7-5-4-6-8-17)32-25(37)21-12-23(27(28,29)30)33-34(21)2/h4-8,11-14,19-20H,9-10,15H2,1-3H3,(H,32,37). The number of halogens is 3. The van der Waals surface area contributed by atoms with Gasteiger partial charge in [-0.2, -0.15) is 18.3 Å². The van der Waals surface area contributed by atoms with Crippen molar-refractivity contribution in [1.82, 2.24) is 29.4 Å². The number of fused-ring (bicyclic) bond motifs is 1. The van der Waals surface area contributed by atoms with Gasteiger partial charge in [-0.3, -0.25) is 14.3 Å². The number of hydrogen-bond donors (Lipinski definition) is 1. The molecular weight excluding hydrogens is 513 g/mol. The van der Waals surface area contributed by atoms with E-state index in [1.54, 1.807) is 27.8 Å². The molecule has 1 aliphatic heterocycles. The third-order valence-electron chi connectivity index (χ3n) is 7.07. The van der Waals surface area contributed by atoms with Crippen molar-refractivity contribution in [3.8, 4) is 5.75 Å². The lowest BCUT2D eigenvalue weighted by molar-refractivity contribution is -0.141. The number of nitrogens with zero attached hydrogens (tertiary/aromatic N) is 5. The summed E-state index contributed by atoms with van der Waals surface area (Å²) in [4.78, 5) is 32.8. The largest absolute Gasteiger partial charge is 0.493 e. The zero-order valence-electron chi connectivity index (χ0n) is 21.6. The van der Waals surface area contributed by atoms with Gasteiger partial charge in [0, 0.05) is 56.3 Å². The molecule has 5 rings (SSSR count). The molecule has 204 valence electrons. The Kier molecular flexibility index (Phi) is 6.79. The van der Waals surface area contributed by atoms with Crippen molar-refractivity contribution in [3.63, 3.8) is 0 Å². The third kappa shape index (κ3) is 5.06. The normalized spacial score (nSPS) is 17.8. The van der Waals surface area contributed by atoms with E-state index >= 15 is 0 Å². The molecule has 4 heterocycles. The van der Waals surface area contributed by atoms with Crippen molar-refractivity contribution in [2.24, 2.45) is 7.05 Å². The minimum Gasteiger partial charge on any atom is -0.493 e. The molecule has 2 atom stereocenters. The number of imidazole rings is 1. The number of hydrogen-bond acceptors (Lipinski definition) is 5. The maximum absolute atomic E-state index is 13.6. The van der Waals surface area contributed by atoms with Crippen LogP contribution in [0.15, 0.2) is 54.9 Å². The molecule has 4 aromatic rings. The van der Waals surface area contributed by atoms with Crippen LogP contribution in [-0.2, 0) is 13.2 Å². The topological polar surface area (TPSA) is 93.8 Å². The van der Waals surface area contributed by atoms with Gasteiger partial charge >= 0.3 is 6.18 Å². The van der Waals surface area contributed by atoms with E-state index < -0.39 is 23.8 Å². The quantitative estimate of drug-likeness (QED) is 0.415. The molecule has 1 saturated heterocycles. The number of alkyl halides is 3. The van der Waals surface area contributed by atoms with Crippen LogP contribution in [-0.4, -0.2) is 62.1 Å². The number of aryl methyl sites for hydroxylation is 2. The van der Waals surface area contributed by atoms with Crippen molar-refractivity contribution in [2.45, 2.75) is 31.5 Å². The highest BCUT2D eigenvalue weighted by molar-refractivity contribution is 5.95. The lowest BCUT2D eigenvalue weighted by Crippen LogP contribution is -2.51. The number of benzene rings is 1. The molecule has 12 heteroatoms. The Labute approximate surface area is 222 Å². The van der Waals surface area contributed by atoms with Gasteiger partial charge in [-0.25, -0.2) is 4.98 Å². The molecule has 0 aliphatic carbocycles. The van der Waals surface area contributed by atoms with Crippen molar-refractivity contribution in [1.29, 1.82) is 0 Å². The number of rotatable bonds is 5. The molecule has 0 bridgehead atoms. The van der Waals surface area contributed by atoms with Crippen molar-refractivity contribution < 1.29 is 27.5 Å². The number of pyridine rings is 1. The molecule has 1 N–H and O–H groups in total. The molecule has 9 nitrogen and oxygen atoms in total. The van der Waals surface area contributed by atoms with Gasteiger partial charge < -0.3 is 19.4 Å². The second-order valence-corrected chi connectivity index (χ2v) is 9.56. The molecule has 39 heavy (non-hydrogen) atoms. The van der Waals surface area contributed by atoms with Crippen molar-refractivity contribution >= 4 is 17.5 Å². The number of piperidine rings is 1. The van der Waals surface area contributed by atoms with Crippen LogP contribution in [0.2, 0.25) is 0 Å². The molecule has 0 spiro atoms. The summed E-state index contributed by atoms with van der Waals surface area (Å²) in [5.41, 5.74) is 1.48. The summed E-state index contributed by atoms with van der Waals surface area (Å²) in [5.74, 6) is -0.665. The molecule has 1 fully saturated rings. The van der Waals surface area contributed by atoms with Gasteiger partial charge in [-0.05, 0) is 25.0 Å². The van der Waals surface area contributed by atoms with E-state index in [4.69, 9.17) is 4.74 Å². The van der Waals surface area contributed by atoms with E-state index in [1.807, 2.05) is 37.3 Å². The van der Waals surface area contributed by atoms with Crippen LogP contribution in [0.25, 0.3) is 5.65 Å². The van der Waals surface area contributed by atoms with Gasteiger partial charge in [0.1, 0.15) is 5.69 Å². The molecule has 1 aromatic carbocycles. The maximum Gasteiger partial charge on any atom is 0.435 e. The molecular formula is C27H27F3N6O3. The molecule has 3 aromatic heterocycles. The number of nitrogens with one attached hydrogen (secondary N) is 1. The smallest absolute Gasteiger partial charge is 0.435 e. The van der Waals surface area contributed by atoms with E-state index in [1.165, 1.54) is 14.2 Å². The minimum absolute atomic E-state index is 0.191. The minimum atomic E-state index is -4.66. The number of carbonyl (C=O) groups is 2. The zero-order chi connectivity index (χ0) is 27.9. The number of amides is 2. The van der Waals surface area contributed by atoms with Crippen LogP contribution in [0.4, 0.5) is 13.2 Å². The van der Waals surface area contributed by atoms with E-state index in [9.17, 15) is 22.8 Å². The summed E-state index contributed by atoms with van der Waals surface area (Å²) in [7, 11) is 2.82. The molecule has 0 radical (unpaired) electrons. The van der Waals surface area contributed by atoms with Crippen LogP contribution >= 0.6 is 0 Å². The summed E-state index contributed by atoms with van der Waals surface area (Å²) in [6, 6.07) is 11.4. The molecule has 1 aliphatic rings. The first-order valence-corrected chi connectivity index (χ1v) is 12.3. The lowest BCUT2D eigenvalue weighted by atomic mass is 9.85. The van der Waals surface area contributed by atoms with Gasteiger partial charge in [0.15, 0.2) is 17.1 Å². The fraction of sp³-hybridized carbons (Fsp3) is 0.333. The Morgan fingerprint density at radius 2 is 1.90 bits per heavy atom. The van der Waals surface area contributed by atoms with Gasteiger partial charge in [0.25, 0.3) is 11.8 Å². The second-order valence-electron chi connectivity index (χ2n) is 9.56. The number of aromatic nitrogens is 4. The van der Waals surface area contributed by atoms with Crippen LogP contribution < -0.4 is 10.1 Å². The summed E-state index contributed by atoms with van der Waals surface area (Å²) < 4.78 is 47.6. The monoisotopic (exact) mass is 540 g/mol. The van der Waals surface area contributed by atoms with E-state index in [-0.39, 0.29) is 17.5 Å². The number of ether oxygens (including phenoxy) is 1. The molecule has 2 amide bonds. The van der Waals surface area contributed by atoms with Crippen LogP contribution in [0.3, 0.4) is 0 Å². The highest BCUT2D eigenvalue weighted by Crippen LogP contribution is 2.31.